The van der Waals surface area contributed by atoms with Crippen LogP contribution in [0, 0.1) is 5.41 Å². The summed E-state index contributed by atoms with van der Waals surface area (Å²) in [5, 5.41) is 59.8. The molecule has 10 atom stereocenters. The molecule has 0 radical (unpaired) electrons. The Bertz CT molecular complexity index is 700. The summed E-state index contributed by atoms with van der Waals surface area (Å²) in [6.07, 6.45) is -14.8. The van der Waals surface area contributed by atoms with Gasteiger partial charge in [0.15, 0.2) is 12.6 Å². The maximum Gasteiger partial charge on any atom is 0.348 e. The van der Waals surface area contributed by atoms with Crippen LogP contribution in [0.25, 0.3) is 0 Å². The van der Waals surface area contributed by atoms with E-state index in [1.54, 1.807) is 0 Å². The van der Waals surface area contributed by atoms with Crippen LogP contribution in [-0.4, -0.2) is 132 Å². The Morgan fingerprint density at radius 2 is 1.43 bits per heavy atom. The van der Waals surface area contributed by atoms with Gasteiger partial charge in [-0.3, -0.25) is 4.79 Å². The SMILES string of the molecule is CO[C@H]1O[C@H](COC(=O)CC(C)(C)C(=O)OO)C(OC2OC(CO)[C@H](OC)[C@H](O)[C@H]2O)C(O)C1O. The van der Waals surface area contributed by atoms with Crippen molar-refractivity contribution in [2.75, 3.05) is 27.4 Å². The van der Waals surface area contributed by atoms with Gasteiger partial charge in [0.05, 0.1) is 18.4 Å². The lowest BCUT2D eigenvalue weighted by Crippen LogP contribution is -2.65. The van der Waals surface area contributed by atoms with Crippen LogP contribution in [0.4, 0.5) is 0 Å². The number of aliphatic hydroxyl groups is 5. The van der Waals surface area contributed by atoms with Crippen molar-refractivity contribution in [1.82, 2.24) is 0 Å². The molecule has 2 heterocycles. The highest BCUT2D eigenvalue weighted by atomic mass is 17.1. The Labute approximate surface area is 200 Å². The van der Waals surface area contributed by atoms with Crippen molar-refractivity contribution in [2.45, 2.75) is 81.7 Å². The van der Waals surface area contributed by atoms with E-state index < -0.39 is 98.4 Å². The summed E-state index contributed by atoms with van der Waals surface area (Å²) in [5.41, 5.74) is -1.41. The molecule has 2 fully saturated rings. The average molecular weight is 514 g/mol. The Kier molecular flexibility index (Phi) is 10.7. The summed E-state index contributed by atoms with van der Waals surface area (Å²) in [5.74, 6) is -1.94. The van der Waals surface area contributed by atoms with Crippen LogP contribution in [0.2, 0.25) is 0 Å². The van der Waals surface area contributed by atoms with Gasteiger partial charge in [0.2, 0.25) is 0 Å². The molecule has 2 saturated heterocycles. The van der Waals surface area contributed by atoms with Crippen LogP contribution in [0.5, 0.6) is 0 Å². The largest absolute Gasteiger partial charge is 0.463 e. The fourth-order valence-electron chi connectivity index (χ4n) is 3.80. The second kappa shape index (κ2) is 12.6. The van der Waals surface area contributed by atoms with Crippen molar-refractivity contribution in [1.29, 1.82) is 0 Å². The first-order valence-electron chi connectivity index (χ1n) is 10.8. The molecule has 0 aromatic carbocycles. The van der Waals surface area contributed by atoms with E-state index in [1.165, 1.54) is 28.1 Å². The molecule has 6 N–H and O–H groups in total. The monoisotopic (exact) mass is 514 g/mol. The molecule has 0 bridgehead atoms. The highest BCUT2D eigenvalue weighted by Crippen LogP contribution is 2.30. The van der Waals surface area contributed by atoms with Crippen molar-refractivity contribution < 1.29 is 73.7 Å². The van der Waals surface area contributed by atoms with Gasteiger partial charge in [-0.05, 0) is 13.8 Å². The van der Waals surface area contributed by atoms with Gasteiger partial charge in [-0.1, -0.05) is 0 Å². The van der Waals surface area contributed by atoms with Crippen molar-refractivity contribution >= 4 is 11.9 Å². The lowest BCUT2D eigenvalue weighted by Gasteiger charge is -2.46. The number of aliphatic hydroxyl groups excluding tert-OH is 5. The minimum Gasteiger partial charge on any atom is -0.463 e. The van der Waals surface area contributed by atoms with Crippen LogP contribution in [-0.2, 0) is 42.9 Å². The van der Waals surface area contributed by atoms with Gasteiger partial charge in [0, 0.05) is 14.2 Å². The predicted octanol–water partition coefficient (Wildman–Crippen LogP) is -3.11. The zero-order chi connectivity index (χ0) is 26.5. The van der Waals surface area contributed by atoms with E-state index in [-0.39, 0.29) is 0 Å². The normalized spacial score (nSPS) is 38.1. The van der Waals surface area contributed by atoms with E-state index in [9.17, 15) is 35.1 Å². The van der Waals surface area contributed by atoms with Gasteiger partial charge in [-0.25, -0.2) is 4.79 Å². The molecule has 0 aromatic heterocycles. The fraction of sp³-hybridized carbons (Fsp3) is 0.900. The van der Waals surface area contributed by atoms with E-state index in [0.717, 1.165) is 0 Å². The number of hydrogen-bond acceptors (Lipinski definition) is 15. The molecule has 0 amide bonds. The van der Waals surface area contributed by atoms with Gasteiger partial charge in [-0.15, -0.1) is 0 Å². The topological polar surface area (TPSA) is 220 Å². The second-order valence-electron chi connectivity index (χ2n) is 8.89. The molecule has 204 valence electrons. The Balaban J connectivity index is 2.15. The quantitative estimate of drug-likeness (QED) is 0.0965. The third-order valence-corrected chi connectivity index (χ3v) is 5.89. The van der Waals surface area contributed by atoms with E-state index >= 15 is 0 Å². The second-order valence-corrected chi connectivity index (χ2v) is 8.89. The molecule has 15 heteroatoms. The molecule has 2 rings (SSSR count). The standard InChI is InChI=1S/C20H34O15/c1-20(2,19(27)35-28)5-10(22)31-7-9-16(12(24)13(25)17(30-4)33-9)34-18-14(26)11(23)15(29-3)8(6-21)32-18/h8-9,11-18,21,23-26,28H,5-7H2,1-4H3/t8?,9-,11-,12?,13?,14-,15+,16?,17+,18?/m1/s1. The Morgan fingerprint density at radius 1 is 0.857 bits per heavy atom. The summed E-state index contributed by atoms with van der Waals surface area (Å²) >= 11 is 0. The zero-order valence-corrected chi connectivity index (χ0v) is 19.8. The van der Waals surface area contributed by atoms with Crippen molar-refractivity contribution in [3.8, 4) is 0 Å². The van der Waals surface area contributed by atoms with E-state index in [1.807, 2.05) is 0 Å². The van der Waals surface area contributed by atoms with Crippen molar-refractivity contribution in [3.63, 3.8) is 0 Å². The molecule has 0 spiro atoms. The lowest BCUT2D eigenvalue weighted by molar-refractivity contribution is -0.358. The molecule has 0 aliphatic carbocycles. The van der Waals surface area contributed by atoms with Crippen molar-refractivity contribution in [3.05, 3.63) is 0 Å². The van der Waals surface area contributed by atoms with Gasteiger partial charge >= 0.3 is 11.9 Å². The maximum atomic E-state index is 12.3. The fourth-order valence-corrected chi connectivity index (χ4v) is 3.80. The molecular weight excluding hydrogens is 480 g/mol. The highest BCUT2D eigenvalue weighted by molar-refractivity contribution is 5.82. The third-order valence-electron chi connectivity index (χ3n) is 5.89. The minimum atomic E-state index is -1.68. The smallest absolute Gasteiger partial charge is 0.348 e. The lowest BCUT2D eigenvalue weighted by atomic mass is 9.90. The van der Waals surface area contributed by atoms with Crippen molar-refractivity contribution in [2.24, 2.45) is 5.41 Å². The molecule has 5 unspecified atom stereocenters. The van der Waals surface area contributed by atoms with E-state index in [4.69, 9.17) is 33.7 Å². The summed E-state index contributed by atoms with van der Waals surface area (Å²) in [6.45, 7) is 1.55. The molecule has 2 aliphatic heterocycles. The van der Waals surface area contributed by atoms with E-state index in [2.05, 4.69) is 4.89 Å². The Morgan fingerprint density at radius 3 is 1.97 bits per heavy atom. The average Bonchev–Trinajstić information content (AvgIpc) is 2.82. The number of ether oxygens (including phenoxy) is 6. The molecule has 0 saturated carbocycles. The maximum absolute atomic E-state index is 12.3. The first kappa shape index (κ1) is 29.7. The molecule has 2 aliphatic rings. The van der Waals surface area contributed by atoms with Gasteiger partial charge in [0.1, 0.15) is 55.4 Å². The third kappa shape index (κ3) is 6.84. The predicted molar refractivity (Wildman–Crippen MR) is 109 cm³/mol. The van der Waals surface area contributed by atoms with Gasteiger partial charge in [-0.2, -0.15) is 5.26 Å². The number of carbonyl (C=O) groups excluding carboxylic acids is 2. The van der Waals surface area contributed by atoms with E-state index in [0.29, 0.717) is 0 Å². The summed E-state index contributed by atoms with van der Waals surface area (Å²) in [6, 6.07) is 0. The zero-order valence-electron chi connectivity index (χ0n) is 19.8. The molecule has 35 heavy (non-hydrogen) atoms. The van der Waals surface area contributed by atoms with Crippen LogP contribution in [0.3, 0.4) is 0 Å². The first-order chi connectivity index (χ1) is 16.4. The summed E-state index contributed by atoms with van der Waals surface area (Å²) in [7, 11) is 2.45. The first-order valence-corrected chi connectivity index (χ1v) is 10.8. The van der Waals surface area contributed by atoms with Gasteiger partial charge < -0.3 is 58.8 Å². The van der Waals surface area contributed by atoms with Crippen LogP contribution < -0.4 is 0 Å². The number of hydrogen-bond donors (Lipinski definition) is 6. The summed E-state index contributed by atoms with van der Waals surface area (Å²) < 4.78 is 31.8. The molecule has 0 aromatic rings. The minimum absolute atomic E-state index is 0.475. The van der Waals surface area contributed by atoms with Gasteiger partial charge in [0.25, 0.3) is 0 Å². The van der Waals surface area contributed by atoms with Crippen LogP contribution >= 0.6 is 0 Å². The number of rotatable bonds is 10. The van der Waals surface area contributed by atoms with Crippen LogP contribution in [0.1, 0.15) is 20.3 Å². The number of esters is 1. The highest BCUT2D eigenvalue weighted by Gasteiger charge is 2.51. The molecule has 15 nitrogen and oxygen atoms in total. The Hall–Kier alpha value is -1.50. The molecular formula is C20H34O15. The number of methoxy groups -OCH3 is 2. The number of carbonyl (C=O) groups is 2. The summed E-state index contributed by atoms with van der Waals surface area (Å²) in [4.78, 5) is 27.5. The van der Waals surface area contributed by atoms with Crippen LogP contribution in [0.15, 0.2) is 0 Å².